The highest BCUT2D eigenvalue weighted by molar-refractivity contribution is 5.84. The van der Waals surface area contributed by atoms with Gasteiger partial charge in [-0.2, -0.15) is 0 Å². The first-order valence-electron chi connectivity index (χ1n) is 8.34. The number of ketones is 1. The third kappa shape index (κ3) is 6.43. The highest BCUT2D eigenvalue weighted by Gasteiger charge is 2.17. The Bertz CT molecular complexity index is 437. The highest BCUT2D eigenvalue weighted by atomic mass is 16.3. The summed E-state index contributed by atoms with van der Waals surface area (Å²) in [5.74, 6) is -0.0492. The predicted molar refractivity (Wildman–Crippen MR) is 88.5 cm³/mol. The quantitative estimate of drug-likeness (QED) is 0.612. The van der Waals surface area contributed by atoms with Gasteiger partial charge in [-0.3, -0.25) is 4.79 Å². The van der Waals surface area contributed by atoms with E-state index >= 15 is 0 Å². The molecule has 0 aromatic heterocycles. The van der Waals surface area contributed by atoms with Crippen molar-refractivity contribution in [2.24, 2.45) is 0 Å². The molecule has 0 aliphatic carbocycles. The van der Waals surface area contributed by atoms with Crippen LogP contribution in [0, 0.1) is 13.8 Å². The Labute approximate surface area is 129 Å². The second kappa shape index (κ2) is 9.73. The van der Waals surface area contributed by atoms with Crippen LogP contribution in [0.2, 0.25) is 0 Å². The summed E-state index contributed by atoms with van der Waals surface area (Å²) in [6, 6.07) is 5.74. The van der Waals surface area contributed by atoms with E-state index in [4.69, 9.17) is 0 Å². The van der Waals surface area contributed by atoms with Crippen LogP contribution in [0.4, 0.5) is 0 Å². The topological polar surface area (TPSA) is 37.3 Å². The summed E-state index contributed by atoms with van der Waals surface area (Å²) in [6.07, 6.45) is 7.86. The number of aliphatic hydroxyl groups is 1. The molecule has 0 spiro atoms. The first-order chi connectivity index (χ1) is 10.1. The smallest absolute Gasteiger partial charge is 0.165 e. The first-order valence-corrected chi connectivity index (χ1v) is 8.34. The minimum Gasteiger partial charge on any atom is -0.381 e. The highest BCUT2D eigenvalue weighted by Crippen LogP contribution is 2.20. The van der Waals surface area contributed by atoms with E-state index in [0.29, 0.717) is 6.42 Å². The Kier molecular flexibility index (Phi) is 8.29. The van der Waals surface area contributed by atoms with Gasteiger partial charge in [0.2, 0.25) is 0 Å². The van der Waals surface area contributed by atoms with Gasteiger partial charge in [-0.1, -0.05) is 63.6 Å². The summed E-state index contributed by atoms with van der Waals surface area (Å²) in [5, 5.41) is 10.1. The average Bonchev–Trinajstić information content (AvgIpc) is 2.48. The second-order valence-corrected chi connectivity index (χ2v) is 6.08. The fourth-order valence-corrected chi connectivity index (χ4v) is 2.51. The van der Waals surface area contributed by atoms with E-state index in [-0.39, 0.29) is 5.78 Å². The molecule has 1 rings (SSSR count). The molecule has 21 heavy (non-hydrogen) atoms. The maximum atomic E-state index is 12.0. The van der Waals surface area contributed by atoms with Crippen molar-refractivity contribution in [3.8, 4) is 0 Å². The van der Waals surface area contributed by atoms with E-state index in [9.17, 15) is 9.90 Å². The van der Waals surface area contributed by atoms with E-state index < -0.39 is 6.10 Å². The van der Waals surface area contributed by atoms with Crippen LogP contribution >= 0.6 is 0 Å². The molecule has 0 aliphatic rings. The number of aryl methyl sites for hydroxylation is 2. The molecule has 1 atom stereocenters. The van der Waals surface area contributed by atoms with Crippen LogP contribution in [0.25, 0.3) is 0 Å². The largest absolute Gasteiger partial charge is 0.381 e. The van der Waals surface area contributed by atoms with Crippen molar-refractivity contribution in [1.29, 1.82) is 0 Å². The van der Waals surface area contributed by atoms with Crippen molar-refractivity contribution in [1.82, 2.24) is 0 Å². The number of Topliss-reactive ketones (excluding diaryl/α,β-unsaturated/α-hetero) is 1. The Morgan fingerprint density at radius 2 is 1.62 bits per heavy atom. The lowest BCUT2D eigenvalue weighted by Gasteiger charge is -2.12. The van der Waals surface area contributed by atoms with E-state index in [0.717, 1.165) is 24.0 Å². The lowest BCUT2D eigenvalue weighted by atomic mass is 9.97. The molecule has 2 heteroatoms. The van der Waals surface area contributed by atoms with Crippen molar-refractivity contribution < 1.29 is 9.90 Å². The van der Waals surface area contributed by atoms with Gasteiger partial charge in [0.15, 0.2) is 5.78 Å². The number of hydrogen-bond acceptors (Lipinski definition) is 2. The molecule has 0 aliphatic heterocycles. The van der Waals surface area contributed by atoms with Crippen LogP contribution in [0.3, 0.4) is 0 Å². The van der Waals surface area contributed by atoms with E-state index in [1.165, 1.54) is 37.7 Å². The molecule has 0 amide bonds. The SMILES string of the molecule is CCCCCCCCCC(=O)C(O)c1ccc(C)c(C)c1. The van der Waals surface area contributed by atoms with Crippen LogP contribution in [-0.4, -0.2) is 10.9 Å². The van der Waals surface area contributed by atoms with Gasteiger partial charge in [0.05, 0.1) is 0 Å². The summed E-state index contributed by atoms with van der Waals surface area (Å²) in [5.41, 5.74) is 3.03. The number of carbonyl (C=O) groups excluding carboxylic acids is 1. The molecule has 1 aromatic carbocycles. The van der Waals surface area contributed by atoms with Crippen molar-refractivity contribution in [2.45, 2.75) is 78.2 Å². The molecular formula is C19H30O2. The minimum absolute atomic E-state index is 0.0492. The molecule has 0 saturated carbocycles. The minimum atomic E-state index is -0.954. The van der Waals surface area contributed by atoms with Crippen molar-refractivity contribution in [3.05, 3.63) is 34.9 Å². The van der Waals surface area contributed by atoms with Gasteiger partial charge in [-0.25, -0.2) is 0 Å². The van der Waals surface area contributed by atoms with Crippen LogP contribution in [0.15, 0.2) is 18.2 Å². The molecule has 0 fully saturated rings. The van der Waals surface area contributed by atoms with Gasteiger partial charge >= 0.3 is 0 Å². The van der Waals surface area contributed by atoms with E-state index in [1.54, 1.807) is 0 Å². The predicted octanol–water partition coefficient (Wildman–Crippen LogP) is 5.05. The summed E-state index contributed by atoms with van der Waals surface area (Å²) < 4.78 is 0. The summed E-state index contributed by atoms with van der Waals surface area (Å²) >= 11 is 0. The zero-order valence-corrected chi connectivity index (χ0v) is 13.8. The fraction of sp³-hybridized carbons (Fsp3) is 0.632. The van der Waals surface area contributed by atoms with Crippen LogP contribution < -0.4 is 0 Å². The van der Waals surface area contributed by atoms with Gasteiger partial charge in [-0.15, -0.1) is 0 Å². The Balaban J connectivity index is 2.29. The first kappa shape index (κ1) is 17.9. The van der Waals surface area contributed by atoms with Gasteiger partial charge < -0.3 is 5.11 Å². The monoisotopic (exact) mass is 290 g/mol. The van der Waals surface area contributed by atoms with Crippen LogP contribution in [0.1, 0.15) is 81.1 Å². The zero-order chi connectivity index (χ0) is 15.7. The summed E-state index contributed by atoms with van der Waals surface area (Å²) in [4.78, 5) is 12.0. The van der Waals surface area contributed by atoms with Gasteiger partial charge in [0.1, 0.15) is 6.10 Å². The molecule has 2 nitrogen and oxygen atoms in total. The molecule has 0 radical (unpaired) electrons. The fourth-order valence-electron chi connectivity index (χ4n) is 2.51. The number of benzene rings is 1. The van der Waals surface area contributed by atoms with Gasteiger partial charge in [-0.05, 0) is 37.0 Å². The molecule has 0 saturated heterocycles. The molecular weight excluding hydrogens is 260 g/mol. The lowest BCUT2D eigenvalue weighted by Crippen LogP contribution is -2.12. The number of rotatable bonds is 10. The Hall–Kier alpha value is -1.15. The van der Waals surface area contributed by atoms with E-state index in [1.807, 2.05) is 32.0 Å². The normalized spacial score (nSPS) is 12.4. The molecule has 0 bridgehead atoms. The molecule has 0 heterocycles. The van der Waals surface area contributed by atoms with E-state index in [2.05, 4.69) is 6.92 Å². The molecule has 1 aromatic rings. The molecule has 1 N–H and O–H groups in total. The summed E-state index contributed by atoms with van der Waals surface area (Å²) in [7, 11) is 0. The number of unbranched alkanes of at least 4 members (excludes halogenated alkanes) is 6. The summed E-state index contributed by atoms with van der Waals surface area (Å²) in [6.45, 7) is 6.25. The Morgan fingerprint density at radius 1 is 1.00 bits per heavy atom. The number of aliphatic hydroxyl groups excluding tert-OH is 1. The number of carbonyl (C=O) groups is 1. The third-order valence-corrected chi connectivity index (χ3v) is 4.18. The van der Waals surface area contributed by atoms with Crippen molar-refractivity contribution >= 4 is 5.78 Å². The van der Waals surface area contributed by atoms with Crippen LogP contribution in [0.5, 0.6) is 0 Å². The lowest BCUT2D eigenvalue weighted by molar-refractivity contribution is -0.127. The zero-order valence-electron chi connectivity index (χ0n) is 13.8. The second-order valence-electron chi connectivity index (χ2n) is 6.08. The molecule has 1 unspecified atom stereocenters. The van der Waals surface area contributed by atoms with Gasteiger partial charge in [0.25, 0.3) is 0 Å². The van der Waals surface area contributed by atoms with Crippen molar-refractivity contribution in [2.75, 3.05) is 0 Å². The van der Waals surface area contributed by atoms with Crippen molar-refractivity contribution in [3.63, 3.8) is 0 Å². The van der Waals surface area contributed by atoms with Gasteiger partial charge in [0, 0.05) is 6.42 Å². The average molecular weight is 290 g/mol. The van der Waals surface area contributed by atoms with Crippen LogP contribution in [-0.2, 0) is 4.79 Å². The number of hydrogen-bond donors (Lipinski definition) is 1. The standard InChI is InChI=1S/C19H30O2/c1-4-5-6-7-8-9-10-11-18(20)19(21)17-13-12-15(2)16(3)14-17/h12-14,19,21H,4-11H2,1-3H3. The Morgan fingerprint density at radius 3 is 2.24 bits per heavy atom. The molecule has 118 valence electrons. The maximum Gasteiger partial charge on any atom is 0.165 e. The maximum absolute atomic E-state index is 12.0. The third-order valence-electron chi connectivity index (χ3n) is 4.18.